The Hall–Kier alpha value is -2.82. The molecule has 112 valence electrons. The van der Waals surface area contributed by atoms with Gasteiger partial charge in [-0.2, -0.15) is 0 Å². The average molecular weight is 297 g/mol. The van der Waals surface area contributed by atoms with Crippen molar-refractivity contribution in [1.82, 2.24) is 0 Å². The third kappa shape index (κ3) is 3.09. The first-order chi connectivity index (χ1) is 10.7. The van der Waals surface area contributed by atoms with Crippen LogP contribution in [-0.2, 0) is 20.9 Å². The fourth-order valence-electron chi connectivity index (χ4n) is 2.24. The molecule has 0 N–H and O–H groups in total. The lowest BCUT2D eigenvalue weighted by Crippen LogP contribution is -2.42. The van der Waals surface area contributed by atoms with Gasteiger partial charge in [-0.15, -0.1) is 0 Å². The minimum absolute atomic E-state index is 0.0665. The number of para-hydroxylation sites is 2. The third-order valence-corrected chi connectivity index (χ3v) is 3.34. The number of carbonyl (C=O) groups is 2. The minimum Gasteiger partial charge on any atom is -0.482 e. The Morgan fingerprint density at radius 3 is 2.64 bits per heavy atom. The van der Waals surface area contributed by atoms with E-state index in [0.717, 1.165) is 5.56 Å². The SMILES string of the molecule is O=C(CN1C(=O)COc2ccccc21)OCc1ccccc1. The van der Waals surface area contributed by atoms with Crippen LogP contribution in [0.15, 0.2) is 54.6 Å². The van der Waals surface area contributed by atoms with Crippen molar-refractivity contribution in [3.05, 3.63) is 60.2 Å². The van der Waals surface area contributed by atoms with Crippen LogP contribution in [-0.4, -0.2) is 25.0 Å². The summed E-state index contributed by atoms with van der Waals surface area (Å²) in [7, 11) is 0. The smallest absolute Gasteiger partial charge is 0.326 e. The van der Waals surface area contributed by atoms with Crippen LogP contribution in [0.1, 0.15) is 5.56 Å². The molecule has 1 aliphatic heterocycles. The summed E-state index contributed by atoms with van der Waals surface area (Å²) in [4.78, 5) is 25.3. The highest BCUT2D eigenvalue weighted by Crippen LogP contribution is 2.31. The molecule has 0 spiro atoms. The molecule has 1 aliphatic rings. The second-order valence-electron chi connectivity index (χ2n) is 4.88. The van der Waals surface area contributed by atoms with Crippen LogP contribution in [0.5, 0.6) is 5.75 Å². The molecule has 0 unspecified atom stereocenters. The van der Waals surface area contributed by atoms with E-state index in [1.165, 1.54) is 4.90 Å². The molecule has 5 heteroatoms. The van der Waals surface area contributed by atoms with E-state index in [9.17, 15) is 9.59 Å². The van der Waals surface area contributed by atoms with E-state index in [4.69, 9.17) is 9.47 Å². The van der Waals surface area contributed by atoms with E-state index >= 15 is 0 Å². The molecular formula is C17H15NO4. The first-order valence-corrected chi connectivity index (χ1v) is 6.96. The number of amides is 1. The molecule has 0 radical (unpaired) electrons. The Bertz CT molecular complexity index is 684. The van der Waals surface area contributed by atoms with Crippen molar-refractivity contribution in [2.75, 3.05) is 18.1 Å². The predicted molar refractivity (Wildman–Crippen MR) is 80.5 cm³/mol. The van der Waals surface area contributed by atoms with E-state index in [0.29, 0.717) is 11.4 Å². The molecule has 22 heavy (non-hydrogen) atoms. The molecule has 3 rings (SSSR count). The third-order valence-electron chi connectivity index (χ3n) is 3.34. The molecule has 1 amide bonds. The van der Waals surface area contributed by atoms with Crippen LogP contribution in [0.4, 0.5) is 5.69 Å². The first-order valence-electron chi connectivity index (χ1n) is 6.96. The molecule has 0 aromatic heterocycles. The summed E-state index contributed by atoms with van der Waals surface area (Å²) in [5, 5.41) is 0. The number of rotatable bonds is 4. The maximum Gasteiger partial charge on any atom is 0.326 e. The van der Waals surface area contributed by atoms with Crippen molar-refractivity contribution in [3.63, 3.8) is 0 Å². The van der Waals surface area contributed by atoms with Gasteiger partial charge in [0.1, 0.15) is 18.9 Å². The number of fused-ring (bicyclic) bond motifs is 1. The highest BCUT2D eigenvalue weighted by Gasteiger charge is 2.27. The van der Waals surface area contributed by atoms with Crippen LogP contribution in [0, 0.1) is 0 Å². The summed E-state index contributed by atoms with van der Waals surface area (Å²) in [5.74, 6) is -0.109. The summed E-state index contributed by atoms with van der Waals surface area (Å²) in [6.07, 6.45) is 0. The molecule has 0 bridgehead atoms. The van der Waals surface area contributed by atoms with Crippen molar-refractivity contribution in [2.24, 2.45) is 0 Å². The van der Waals surface area contributed by atoms with Crippen LogP contribution < -0.4 is 9.64 Å². The molecule has 0 saturated heterocycles. The predicted octanol–water partition coefficient (Wildman–Crippen LogP) is 2.16. The fourth-order valence-corrected chi connectivity index (χ4v) is 2.24. The number of hydrogen-bond acceptors (Lipinski definition) is 4. The van der Waals surface area contributed by atoms with Gasteiger partial charge in [0, 0.05) is 0 Å². The quantitative estimate of drug-likeness (QED) is 0.811. The van der Waals surface area contributed by atoms with Crippen molar-refractivity contribution >= 4 is 17.6 Å². The van der Waals surface area contributed by atoms with E-state index in [1.54, 1.807) is 18.2 Å². The van der Waals surface area contributed by atoms with Crippen molar-refractivity contribution in [2.45, 2.75) is 6.61 Å². The number of anilines is 1. The zero-order valence-corrected chi connectivity index (χ0v) is 11.9. The maximum atomic E-state index is 12.0. The average Bonchev–Trinajstić information content (AvgIpc) is 2.56. The Kier molecular flexibility index (Phi) is 4.05. The number of esters is 1. The van der Waals surface area contributed by atoms with Crippen LogP contribution >= 0.6 is 0 Å². The number of carbonyl (C=O) groups excluding carboxylic acids is 2. The van der Waals surface area contributed by atoms with E-state index in [-0.39, 0.29) is 25.7 Å². The van der Waals surface area contributed by atoms with E-state index in [1.807, 2.05) is 36.4 Å². The molecule has 2 aromatic carbocycles. The normalized spacial score (nSPS) is 13.3. The number of hydrogen-bond donors (Lipinski definition) is 0. The van der Waals surface area contributed by atoms with Gasteiger partial charge >= 0.3 is 5.97 Å². The van der Waals surface area contributed by atoms with Crippen LogP contribution in [0.2, 0.25) is 0 Å². The summed E-state index contributed by atoms with van der Waals surface area (Å²) >= 11 is 0. The molecule has 5 nitrogen and oxygen atoms in total. The molecule has 0 saturated carbocycles. The molecule has 0 aliphatic carbocycles. The summed E-state index contributed by atoms with van der Waals surface area (Å²) in [5.41, 5.74) is 1.50. The summed E-state index contributed by atoms with van der Waals surface area (Å²) < 4.78 is 10.6. The van der Waals surface area contributed by atoms with Gasteiger partial charge in [-0.3, -0.25) is 14.5 Å². The lowest BCUT2D eigenvalue weighted by atomic mass is 10.2. The number of ether oxygens (including phenoxy) is 2. The van der Waals surface area contributed by atoms with Gasteiger partial charge < -0.3 is 9.47 Å². The van der Waals surface area contributed by atoms with Crippen molar-refractivity contribution < 1.29 is 19.1 Å². The van der Waals surface area contributed by atoms with Crippen LogP contribution in [0.25, 0.3) is 0 Å². The Morgan fingerprint density at radius 2 is 1.82 bits per heavy atom. The minimum atomic E-state index is -0.450. The Morgan fingerprint density at radius 1 is 1.09 bits per heavy atom. The zero-order valence-electron chi connectivity index (χ0n) is 11.9. The van der Waals surface area contributed by atoms with Gasteiger partial charge in [0.05, 0.1) is 5.69 Å². The van der Waals surface area contributed by atoms with Crippen LogP contribution in [0.3, 0.4) is 0 Å². The monoisotopic (exact) mass is 297 g/mol. The molecular weight excluding hydrogens is 282 g/mol. The molecule has 1 heterocycles. The van der Waals surface area contributed by atoms with E-state index < -0.39 is 5.97 Å². The van der Waals surface area contributed by atoms with Crippen molar-refractivity contribution in [1.29, 1.82) is 0 Å². The second kappa shape index (κ2) is 6.30. The highest BCUT2D eigenvalue weighted by atomic mass is 16.5. The summed E-state index contributed by atoms with van der Waals surface area (Å²) in [6.45, 7) is 0.00880. The summed E-state index contributed by atoms with van der Waals surface area (Å²) in [6, 6.07) is 16.5. The van der Waals surface area contributed by atoms with Gasteiger partial charge in [-0.05, 0) is 17.7 Å². The topological polar surface area (TPSA) is 55.8 Å². The van der Waals surface area contributed by atoms with Gasteiger partial charge in [-0.1, -0.05) is 42.5 Å². The Labute approximate surface area is 128 Å². The lowest BCUT2D eigenvalue weighted by Gasteiger charge is -2.28. The van der Waals surface area contributed by atoms with Gasteiger partial charge in [0.25, 0.3) is 5.91 Å². The zero-order chi connectivity index (χ0) is 15.4. The van der Waals surface area contributed by atoms with Gasteiger partial charge in [0.15, 0.2) is 6.61 Å². The van der Waals surface area contributed by atoms with Gasteiger partial charge in [0.2, 0.25) is 0 Å². The number of nitrogens with zero attached hydrogens (tertiary/aromatic N) is 1. The lowest BCUT2D eigenvalue weighted by molar-refractivity contribution is -0.144. The molecule has 0 fully saturated rings. The standard InChI is InChI=1S/C17H15NO4/c19-16-12-21-15-9-5-4-8-14(15)18(16)10-17(20)22-11-13-6-2-1-3-7-13/h1-9H,10-12H2. The Balaban J connectivity index is 1.65. The molecule has 0 atom stereocenters. The maximum absolute atomic E-state index is 12.0. The van der Waals surface area contributed by atoms with Crippen molar-refractivity contribution in [3.8, 4) is 5.75 Å². The van der Waals surface area contributed by atoms with E-state index in [2.05, 4.69) is 0 Å². The second-order valence-corrected chi connectivity index (χ2v) is 4.88. The molecule has 2 aromatic rings. The van der Waals surface area contributed by atoms with Gasteiger partial charge in [-0.25, -0.2) is 0 Å². The number of benzene rings is 2. The largest absolute Gasteiger partial charge is 0.482 e. The highest BCUT2D eigenvalue weighted by molar-refractivity contribution is 6.01. The fraction of sp³-hybridized carbons (Fsp3) is 0.176. The first kappa shape index (κ1) is 14.1.